The van der Waals surface area contributed by atoms with Crippen molar-refractivity contribution in [3.05, 3.63) is 24.5 Å². The molecule has 21 heavy (non-hydrogen) atoms. The number of rotatable bonds is 4. The summed E-state index contributed by atoms with van der Waals surface area (Å²) < 4.78 is 5.66. The van der Waals surface area contributed by atoms with Crippen molar-refractivity contribution in [2.24, 2.45) is 0 Å². The molecule has 7 heteroatoms. The topological polar surface area (TPSA) is 76.1 Å². The van der Waals surface area contributed by atoms with Crippen molar-refractivity contribution in [3.8, 4) is 11.8 Å². The van der Waals surface area contributed by atoms with Crippen LogP contribution in [0.1, 0.15) is 19.3 Å². The summed E-state index contributed by atoms with van der Waals surface area (Å²) in [6, 6.07) is 3.90. The summed E-state index contributed by atoms with van der Waals surface area (Å²) in [5, 5.41) is 2.95. The van der Waals surface area contributed by atoms with E-state index >= 15 is 0 Å². The zero-order chi connectivity index (χ0) is 14.5. The predicted octanol–water partition coefficient (Wildman–Crippen LogP) is 2.09. The molecule has 3 heterocycles. The van der Waals surface area contributed by atoms with Crippen molar-refractivity contribution >= 4 is 11.9 Å². The van der Waals surface area contributed by atoms with Gasteiger partial charge in [0.05, 0.1) is 6.20 Å². The van der Waals surface area contributed by atoms with Gasteiger partial charge in [-0.3, -0.25) is 4.98 Å². The first kappa shape index (κ1) is 13.5. The Morgan fingerprint density at radius 3 is 2.71 bits per heavy atom. The minimum atomic E-state index is 0.280. The van der Waals surface area contributed by atoms with Gasteiger partial charge in [-0.05, 0) is 31.4 Å². The first-order valence-electron chi connectivity index (χ1n) is 7.12. The van der Waals surface area contributed by atoms with Gasteiger partial charge in [-0.1, -0.05) is 0 Å². The number of anilines is 2. The van der Waals surface area contributed by atoms with Gasteiger partial charge in [0.2, 0.25) is 11.9 Å². The van der Waals surface area contributed by atoms with Gasteiger partial charge in [-0.2, -0.15) is 15.0 Å². The zero-order valence-electron chi connectivity index (χ0n) is 12.0. The van der Waals surface area contributed by atoms with Gasteiger partial charge in [0, 0.05) is 26.3 Å². The molecule has 3 rings (SSSR count). The van der Waals surface area contributed by atoms with Gasteiger partial charge >= 0.3 is 6.01 Å². The highest BCUT2D eigenvalue weighted by Crippen LogP contribution is 2.22. The van der Waals surface area contributed by atoms with E-state index in [0.717, 1.165) is 13.1 Å². The monoisotopic (exact) mass is 286 g/mol. The van der Waals surface area contributed by atoms with E-state index in [1.807, 2.05) is 6.07 Å². The fourth-order valence-corrected chi connectivity index (χ4v) is 2.25. The molecule has 0 unspecified atom stereocenters. The second kappa shape index (κ2) is 6.34. The van der Waals surface area contributed by atoms with Crippen molar-refractivity contribution in [1.29, 1.82) is 0 Å². The fourth-order valence-electron chi connectivity index (χ4n) is 2.25. The highest BCUT2D eigenvalue weighted by Gasteiger charge is 2.16. The molecule has 2 aromatic rings. The summed E-state index contributed by atoms with van der Waals surface area (Å²) in [6.07, 6.45) is 6.92. The van der Waals surface area contributed by atoms with Crippen molar-refractivity contribution < 1.29 is 4.74 Å². The molecular weight excluding hydrogens is 268 g/mol. The minimum absolute atomic E-state index is 0.280. The van der Waals surface area contributed by atoms with Crippen LogP contribution in [0.15, 0.2) is 24.5 Å². The van der Waals surface area contributed by atoms with Crippen LogP contribution >= 0.6 is 0 Å². The van der Waals surface area contributed by atoms with E-state index in [1.54, 1.807) is 25.5 Å². The van der Waals surface area contributed by atoms with Gasteiger partial charge in [0.15, 0.2) is 0 Å². The molecule has 0 radical (unpaired) electrons. The summed E-state index contributed by atoms with van der Waals surface area (Å²) in [5.41, 5.74) is 0. The molecule has 1 aliphatic rings. The van der Waals surface area contributed by atoms with Gasteiger partial charge in [0.25, 0.3) is 0 Å². The lowest BCUT2D eigenvalue weighted by molar-refractivity contribution is 0.436. The molecule has 0 spiro atoms. The molecule has 0 bridgehead atoms. The molecule has 0 amide bonds. The van der Waals surface area contributed by atoms with Crippen molar-refractivity contribution in [3.63, 3.8) is 0 Å². The Balaban J connectivity index is 1.85. The number of nitrogens with one attached hydrogen (secondary N) is 1. The third kappa shape index (κ3) is 3.36. The molecule has 2 aromatic heterocycles. The third-order valence-corrected chi connectivity index (χ3v) is 3.31. The lowest BCUT2D eigenvalue weighted by Gasteiger charge is -2.26. The first-order valence-corrected chi connectivity index (χ1v) is 7.12. The number of ether oxygens (including phenoxy) is 1. The number of hydrogen-bond acceptors (Lipinski definition) is 7. The van der Waals surface area contributed by atoms with Crippen LogP contribution in [-0.2, 0) is 0 Å². The van der Waals surface area contributed by atoms with Crippen molar-refractivity contribution in [2.75, 3.05) is 30.4 Å². The zero-order valence-corrected chi connectivity index (χ0v) is 12.0. The second-order valence-electron chi connectivity index (χ2n) is 4.83. The van der Waals surface area contributed by atoms with E-state index in [-0.39, 0.29) is 6.01 Å². The number of nitrogens with zero attached hydrogens (tertiary/aromatic N) is 5. The summed E-state index contributed by atoms with van der Waals surface area (Å²) in [7, 11) is 1.78. The van der Waals surface area contributed by atoms with Crippen LogP contribution in [0.3, 0.4) is 0 Å². The van der Waals surface area contributed by atoms with Crippen LogP contribution in [-0.4, -0.2) is 40.1 Å². The first-order chi connectivity index (χ1) is 10.3. The van der Waals surface area contributed by atoms with Crippen LogP contribution in [0.5, 0.6) is 11.8 Å². The SMILES string of the molecule is CNc1nc(Oc2cccnc2)nc(N2CCCCC2)n1. The number of pyridine rings is 1. The second-order valence-corrected chi connectivity index (χ2v) is 4.83. The van der Waals surface area contributed by atoms with Crippen LogP contribution in [0.25, 0.3) is 0 Å². The van der Waals surface area contributed by atoms with Crippen LogP contribution in [0.4, 0.5) is 11.9 Å². The van der Waals surface area contributed by atoms with Gasteiger partial charge in [0.1, 0.15) is 5.75 Å². The number of piperidine rings is 1. The average molecular weight is 286 g/mol. The maximum absolute atomic E-state index is 5.66. The van der Waals surface area contributed by atoms with Crippen molar-refractivity contribution in [2.45, 2.75) is 19.3 Å². The lowest BCUT2D eigenvalue weighted by atomic mass is 10.1. The smallest absolute Gasteiger partial charge is 0.328 e. The predicted molar refractivity (Wildman–Crippen MR) is 79.7 cm³/mol. The summed E-state index contributed by atoms with van der Waals surface area (Å²) >= 11 is 0. The lowest BCUT2D eigenvalue weighted by Crippen LogP contribution is -2.31. The molecule has 1 fully saturated rings. The molecule has 110 valence electrons. The maximum Gasteiger partial charge on any atom is 0.328 e. The summed E-state index contributed by atoms with van der Waals surface area (Å²) in [5.74, 6) is 1.77. The Kier molecular flexibility index (Phi) is 4.09. The Morgan fingerprint density at radius 1 is 1.14 bits per heavy atom. The quantitative estimate of drug-likeness (QED) is 0.922. The average Bonchev–Trinajstić information content (AvgIpc) is 2.56. The van der Waals surface area contributed by atoms with E-state index in [2.05, 4.69) is 30.2 Å². The molecule has 7 nitrogen and oxygen atoms in total. The highest BCUT2D eigenvalue weighted by atomic mass is 16.5. The van der Waals surface area contributed by atoms with E-state index in [9.17, 15) is 0 Å². The van der Waals surface area contributed by atoms with Gasteiger partial charge < -0.3 is 15.0 Å². The Morgan fingerprint density at radius 2 is 2.00 bits per heavy atom. The van der Waals surface area contributed by atoms with Crippen LogP contribution in [0, 0.1) is 0 Å². The van der Waals surface area contributed by atoms with Gasteiger partial charge in [-0.25, -0.2) is 0 Å². The molecule has 1 saturated heterocycles. The molecule has 0 saturated carbocycles. The van der Waals surface area contributed by atoms with Crippen LogP contribution < -0.4 is 15.0 Å². The molecule has 1 aliphatic heterocycles. The van der Waals surface area contributed by atoms with Crippen LogP contribution in [0.2, 0.25) is 0 Å². The normalized spacial score (nSPS) is 14.8. The largest absolute Gasteiger partial charge is 0.422 e. The molecular formula is C14H18N6O. The van der Waals surface area contributed by atoms with Gasteiger partial charge in [-0.15, -0.1) is 0 Å². The van der Waals surface area contributed by atoms with Crippen molar-refractivity contribution in [1.82, 2.24) is 19.9 Å². The summed E-state index contributed by atoms with van der Waals surface area (Å²) in [4.78, 5) is 19.2. The highest BCUT2D eigenvalue weighted by molar-refractivity contribution is 5.39. The standard InChI is InChI=1S/C14H18N6O/c1-15-12-17-13(20-8-3-2-4-9-20)19-14(18-12)21-11-6-5-7-16-10-11/h5-7,10H,2-4,8-9H2,1H3,(H,15,17,18,19). The molecule has 0 aromatic carbocycles. The van der Waals surface area contributed by atoms with E-state index < -0.39 is 0 Å². The molecule has 0 atom stereocenters. The summed E-state index contributed by atoms with van der Waals surface area (Å²) in [6.45, 7) is 1.94. The fraction of sp³-hybridized carbons (Fsp3) is 0.429. The Hall–Kier alpha value is -2.44. The molecule has 1 N–H and O–H groups in total. The number of aromatic nitrogens is 4. The minimum Gasteiger partial charge on any atom is -0.422 e. The van der Waals surface area contributed by atoms with E-state index in [4.69, 9.17) is 4.74 Å². The third-order valence-electron chi connectivity index (χ3n) is 3.31. The Labute approximate surface area is 123 Å². The maximum atomic E-state index is 5.66. The Bertz CT molecular complexity index is 585. The molecule has 0 aliphatic carbocycles. The van der Waals surface area contributed by atoms with E-state index in [0.29, 0.717) is 17.6 Å². The number of hydrogen-bond donors (Lipinski definition) is 1. The van der Waals surface area contributed by atoms with E-state index in [1.165, 1.54) is 19.3 Å².